The van der Waals surface area contributed by atoms with Gasteiger partial charge in [-0.3, -0.25) is 0 Å². The second-order valence-electron chi connectivity index (χ2n) is 5.22. The second kappa shape index (κ2) is 5.55. The fourth-order valence-electron chi connectivity index (χ4n) is 2.80. The van der Waals surface area contributed by atoms with Crippen LogP contribution in [0.15, 0.2) is 12.1 Å². The molecule has 2 rings (SSSR count). The maximum absolute atomic E-state index is 13.8. The standard InChI is InChI=1S/C14H20F2N2/c1-18(9-10-5-3-2-4-6-10)14-12(15)7-11(17)8-13(14)16/h7-8,10H,2-6,9,17H2,1H3. The fourth-order valence-corrected chi connectivity index (χ4v) is 2.80. The van der Waals surface area contributed by atoms with E-state index in [1.807, 2.05) is 0 Å². The van der Waals surface area contributed by atoms with E-state index in [4.69, 9.17) is 5.73 Å². The molecule has 0 aliphatic heterocycles. The van der Waals surface area contributed by atoms with Gasteiger partial charge in [-0.05, 0) is 30.9 Å². The van der Waals surface area contributed by atoms with E-state index >= 15 is 0 Å². The summed E-state index contributed by atoms with van der Waals surface area (Å²) >= 11 is 0. The molecule has 0 spiro atoms. The summed E-state index contributed by atoms with van der Waals surface area (Å²) in [7, 11) is 1.74. The van der Waals surface area contributed by atoms with Crippen LogP contribution in [0.4, 0.5) is 20.2 Å². The average molecular weight is 254 g/mol. The summed E-state index contributed by atoms with van der Waals surface area (Å²) in [4.78, 5) is 1.68. The summed E-state index contributed by atoms with van der Waals surface area (Å²) in [6.07, 6.45) is 6.05. The topological polar surface area (TPSA) is 29.3 Å². The van der Waals surface area contributed by atoms with Crippen LogP contribution in [0.5, 0.6) is 0 Å². The molecule has 1 aliphatic rings. The molecule has 1 aliphatic carbocycles. The van der Waals surface area contributed by atoms with E-state index in [9.17, 15) is 8.78 Å². The van der Waals surface area contributed by atoms with Crippen LogP contribution < -0.4 is 10.6 Å². The van der Waals surface area contributed by atoms with Crippen molar-refractivity contribution in [3.05, 3.63) is 23.8 Å². The molecule has 1 aromatic rings. The Morgan fingerprint density at radius 1 is 1.17 bits per heavy atom. The zero-order valence-electron chi connectivity index (χ0n) is 10.8. The van der Waals surface area contributed by atoms with Crippen molar-refractivity contribution in [2.45, 2.75) is 32.1 Å². The number of nitrogens with two attached hydrogens (primary N) is 1. The molecular weight excluding hydrogens is 234 g/mol. The lowest BCUT2D eigenvalue weighted by Gasteiger charge is -2.28. The third-order valence-corrected chi connectivity index (χ3v) is 3.68. The number of halogens is 2. The molecule has 0 saturated heterocycles. The number of rotatable bonds is 3. The van der Waals surface area contributed by atoms with Gasteiger partial charge in [0, 0.05) is 19.3 Å². The number of nitrogens with zero attached hydrogens (tertiary/aromatic N) is 1. The van der Waals surface area contributed by atoms with Gasteiger partial charge in [-0.25, -0.2) is 8.78 Å². The van der Waals surface area contributed by atoms with Crippen molar-refractivity contribution in [1.29, 1.82) is 0 Å². The first kappa shape index (κ1) is 13.1. The highest BCUT2D eigenvalue weighted by molar-refractivity contribution is 5.55. The van der Waals surface area contributed by atoms with Gasteiger partial charge in [0.1, 0.15) is 5.69 Å². The largest absolute Gasteiger partial charge is 0.399 e. The van der Waals surface area contributed by atoms with E-state index in [1.165, 1.54) is 31.4 Å². The predicted molar refractivity (Wildman–Crippen MR) is 70.6 cm³/mol. The number of benzene rings is 1. The Balaban J connectivity index is 2.10. The minimum absolute atomic E-state index is 0.0368. The number of hydrogen-bond acceptors (Lipinski definition) is 2. The van der Waals surface area contributed by atoms with Crippen molar-refractivity contribution >= 4 is 11.4 Å². The third-order valence-electron chi connectivity index (χ3n) is 3.68. The molecule has 0 unspecified atom stereocenters. The van der Waals surface area contributed by atoms with Crippen molar-refractivity contribution in [3.63, 3.8) is 0 Å². The van der Waals surface area contributed by atoms with Crippen LogP contribution in [-0.4, -0.2) is 13.6 Å². The molecule has 18 heavy (non-hydrogen) atoms. The van der Waals surface area contributed by atoms with Crippen LogP contribution in [0.1, 0.15) is 32.1 Å². The minimum atomic E-state index is -0.578. The van der Waals surface area contributed by atoms with Gasteiger partial charge in [-0.2, -0.15) is 0 Å². The van der Waals surface area contributed by atoms with Crippen LogP contribution in [0.3, 0.4) is 0 Å². The molecule has 0 bridgehead atoms. The van der Waals surface area contributed by atoms with Gasteiger partial charge in [0.25, 0.3) is 0 Å². The molecule has 1 aromatic carbocycles. The van der Waals surface area contributed by atoms with Gasteiger partial charge >= 0.3 is 0 Å². The summed E-state index contributed by atoms with van der Waals surface area (Å²) in [5, 5.41) is 0. The SMILES string of the molecule is CN(CC1CCCCC1)c1c(F)cc(N)cc1F. The smallest absolute Gasteiger partial charge is 0.151 e. The molecule has 4 heteroatoms. The molecule has 2 N–H and O–H groups in total. The first-order chi connectivity index (χ1) is 8.58. The summed E-state index contributed by atoms with van der Waals surface area (Å²) < 4.78 is 27.5. The van der Waals surface area contributed by atoms with Gasteiger partial charge in [-0.1, -0.05) is 19.3 Å². The van der Waals surface area contributed by atoms with E-state index in [-0.39, 0.29) is 11.4 Å². The normalized spacial score (nSPS) is 16.8. The van der Waals surface area contributed by atoms with Crippen molar-refractivity contribution < 1.29 is 8.78 Å². The maximum atomic E-state index is 13.8. The fraction of sp³-hybridized carbons (Fsp3) is 0.571. The van der Waals surface area contributed by atoms with Crippen molar-refractivity contribution in [1.82, 2.24) is 0 Å². The van der Waals surface area contributed by atoms with E-state index < -0.39 is 11.6 Å². The molecule has 0 radical (unpaired) electrons. The number of nitrogen functional groups attached to an aromatic ring is 1. The summed E-state index contributed by atoms with van der Waals surface area (Å²) in [5.41, 5.74) is 5.58. The first-order valence-corrected chi connectivity index (χ1v) is 6.53. The molecular formula is C14H20F2N2. The predicted octanol–water partition coefficient (Wildman–Crippen LogP) is 3.56. The molecule has 100 valence electrons. The molecule has 0 aromatic heterocycles. The lowest BCUT2D eigenvalue weighted by atomic mass is 9.89. The molecule has 0 atom stereocenters. The molecule has 0 amide bonds. The van der Waals surface area contributed by atoms with Gasteiger partial charge in [0.15, 0.2) is 11.6 Å². The van der Waals surface area contributed by atoms with Gasteiger partial charge < -0.3 is 10.6 Å². The molecule has 0 heterocycles. The van der Waals surface area contributed by atoms with E-state index in [1.54, 1.807) is 11.9 Å². The van der Waals surface area contributed by atoms with Crippen LogP contribution in [0, 0.1) is 17.6 Å². The second-order valence-corrected chi connectivity index (χ2v) is 5.22. The van der Waals surface area contributed by atoms with Crippen molar-refractivity contribution in [3.8, 4) is 0 Å². The average Bonchev–Trinajstić information content (AvgIpc) is 2.28. The van der Waals surface area contributed by atoms with Crippen LogP contribution in [0.2, 0.25) is 0 Å². The zero-order valence-corrected chi connectivity index (χ0v) is 10.8. The van der Waals surface area contributed by atoms with Gasteiger partial charge in [0.05, 0.1) is 0 Å². The monoisotopic (exact) mass is 254 g/mol. The third kappa shape index (κ3) is 2.92. The van der Waals surface area contributed by atoms with Crippen molar-refractivity contribution in [2.75, 3.05) is 24.2 Å². The quantitative estimate of drug-likeness (QED) is 0.836. The Morgan fingerprint density at radius 3 is 2.28 bits per heavy atom. The molecule has 1 saturated carbocycles. The van der Waals surface area contributed by atoms with Crippen LogP contribution in [0.25, 0.3) is 0 Å². The Hall–Kier alpha value is -1.32. The van der Waals surface area contributed by atoms with Crippen LogP contribution in [-0.2, 0) is 0 Å². The zero-order chi connectivity index (χ0) is 13.1. The highest BCUT2D eigenvalue weighted by atomic mass is 19.1. The van der Waals surface area contributed by atoms with Crippen molar-refractivity contribution in [2.24, 2.45) is 5.92 Å². The lowest BCUT2D eigenvalue weighted by Crippen LogP contribution is -2.28. The highest BCUT2D eigenvalue weighted by Gasteiger charge is 2.20. The van der Waals surface area contributed by atoms with E-state index in [0.717, 1.165) is 12.8 Å². The van der Waals surface area contributed by atoms with E-state index in [0.29, 0.717) is 12.5 Å². The number of anilines is 2. The Bertz CT molecular complexity index is 391. The Kier molecular flexibility index (Phi) is 4.04. The summed E-state index contributed by atoms with van der Waals surface area (Å²) in [5.74, 6) is -0.614. The van der Waals surface area contributed by atoms with Gasteiger partial charge in [0.2, 0.25) is 0 Å². The number of hydrogen-bond donors (Lipinski definition) is 1. The summed E-state index contributed by atoms with van der Waals surface area (Å²) in [6.45, 7) is 0.706. The van der Waals surface area contributed by atoms with Gasteiger partial charge in [-0.15, -0.1) is 0 Å². The van der Waals surface area contributed by atoms with Crippen LogP contribution >= 0.6 is 0 Å². The highest BCUT2D eigenvalue weighted by Crippen LogP contribution is 2.29. The molecule has 1 fully saturated rings. The summed E-state index contributed by atoms with van der Waals surface area (Å²) in [6, 6.07) is 2.35. The first-order valence-electron chi connectivity index (χ1n) is 6.53. The Morgan fingerprint density at radius 2 is 1.72 bits per heavy atom. The van der Waals surface area contributed by atoms with E-state index in [2.05, 4.69) is 0 Å². The Labute approximate surface area is 107 Å². The maximum Gasteiger partial charge on any atom is 0.151 e. The minimum Gasteiger partial charge on any atom is -0.399 e. The lowest BCUT2D eigenvalue weighted by molar-refractivity contribution is 0.360. The molecule has 2 nitrogen and oxygen atoms in total.